The molecule has 1 saturated carbocycles. The van der Waals surface area contributed by atoms with Gasteiger partial charge in [-0.05, 0) is 50.6 Å². The van der Waals surface area contributed by atoms with Crippen molar-refractivity contribution >= 4 is 29.9 Å². The van der Waals surface area contributed by atoms with E-state index in [1.807, 2.05) is 0 Å². The molecule has 0 bridgehead atoms. The van der Waals surface area contributed by atoms with Crippen LogP contribution in [0.1, 0.15) is 24.0 Å². The lowest BCUT2D eigenvalue weighted by molar-refractivity contribution is -0.137. The van der Waals surface area contributed by atoms with E-state index in [-0.39, 0.29) is 24.0 Å². The summed E-state index contributed by atoms with van der Waals surface area (Å²) in [5.74, 6) is 1.39. The van der Waals surface area contributed by atoms with Gasteiger partial charge in [0.2, 0.25) is 0 Å². The molecule has 0 aromatic heterocycles. The first kappa shape index (κ1) is 22.0. The van der Waals surface area contributed by atoms with E-state index in [1.54, 1.807) is 7.05 Å². The standard InChI is InChI=1S/C17H25F3N4.HI/c1-21-16(23-11-15(24(2)3)13-6-7-13)22-10-12-4-8-14(9-5-12)17(18,19)20;/h4-5,8-9,13,15H,6-7,10-11H2,1-3H3,(H2,21,22,23);1H. The number of alkyl halides is 3. The molecule has 0 spiro atoms. The van der Waals surface area contributed by atoms with Crippen molar-refractivity contribution in [3.8, 4) is 0 Å². The summed E-state index contributed by atoms with van der Waals surface area (Å²) in [5, 5.41) is 6.43. The lowest BCUT2D eigenvalue weighted by atomic mass is 10.1. The fourth-order valence-corrected chi connectivity index (χ4v) is 2.67. The van der Waals surface area contributed by atoms with Crippen molar-refractivity contribution in [1.29, 1.82) is 0 Å². The molecular formula is C17H26F3IN4. The van der Waals surface area contributed by atoms with Crippen LogP contribution in [0.2, 0.25) is 0 Å². The highest BCUT2D eigenvalue weighted by molar-refractivity contribution is 14.0. The molecule has 25 heavy (non-hydrogen) atoms. The zero-order chi connectivity index (χ0) is 17.7. The van der Waals surface area contributed by atoms with Gasteiger partial charge in [0.15, 0.2) is 5.96 Å². The highest BCUT2D eigenvalue weighted by Gasteiger charge is 2.32. The molecule has 1 aromatic carbocycles. The summed E-state index contributed by atoms with van der Waals surface area (Å²) in [6.45, 7) is 1.22. The van der Waals surface area contributed by atoms with Crippen LogP contribution in [0.25, 0.3) is 0 Å². The average molecular weight is 470 g/mol. The third-order valence-electron chi connectivity index (χ3n) is 4.27. The fraction of sp³-hybridized carbons (Fsp3) is 0.588. The van der Waals surface area contributed by atoms with Gasteiger partial charge in [0.05, 0.1) is 5.56 Å². The molecule has 8 heteroatoms. The van der Waals surface area contributed by atoms with Crippen LogP contribution in [0.5, 0.6) is 0 Å². The number of aliphatic imine (C=N–C) groups is 1. The van der Waals surface area contributed by atoms with E-state index >= 15 is 0 Å². The zero-order valence-electron chi connectivity index (χ0n) is 14.7. The van der Waals surface area contributed by atoms with Crippen molar-refractivity contribution < 1.29 is 13.2 Å². The molecule has 2 rings (SSSR count). The number of hydrogen-bond acceptors (Lipinski definition) is 2. The Morgan fingerprint density at radius 2 is 1.80 bits per heavy atom. The van der Waals surface area contributed by atoms with Gasteiger partial charge < -0.3 is 15.5 Å². The fourth-order valence-electron chi connectivity index (χ4n) is 2.67. The maximum Gasteiger partial charge on any atom is 0.416 e. The molecule has 2 N–H and O–H groups in total. The van der Waals surface area contributed by atoms with Crippen LogP contribution in [-0.2, 0) is 12.7 Å². The molecule has 1 aliphatic carbocycles. The highest BCUT2D eigenvalue weighted by Crippen LogP contribution is 2.34. The average Bonchev–Trinajstić information content (AvgIpc) is 3.34. The summed E-state index contributed by atoms with van der Waals surface area (Å²) in [6.07, 6.45) is -1.77. The maximum atomic E-state index is 12.6. The number of rotatable bonds is 6. The van der Waals surface area contributed by atoms with Crippen LogP contribution in [0.4, 0.5) is 13.2 Å². The SMILES string of the molecule is CN=C(NCc1ccc(C(F)(F)F)cc1)NCC(C1CC1)N(C)C.I. The number of hydrogen-bond donors (Lipinski definition) is 2. The number of benzene rings is 1. The smallest absolute Gasteiger partial charge is 0.355 e. The Hall–Kier alpha value is -1.03. The van der Waals surface area contributed by atoms with Crippen molar-refractivity contribution in [3.05, 3.63) is 35.4 Å². The van der Waals surface area contributed by atoms with Crippen LogP contribution >= 0.6 is 24.0 Å². The van der Waals surface area contributed by atoms with E-state index in [9.17, 15) is 13.2 Å². The van der Waals surface area contributed by atoms with Crippen LogP contribution in [0.15, 0.2) is 29.3 Å². The molecule has 0 saturated heterocycles. The van der Waals surface area contributed by atoms with Crippen molar-refractivity contribution in [1.82, 2.24) is 15.5 Å². The van der Waals surface area contributed by atoms with E-state index < -0.39 is 11.7 Å². The van der Waals surface area contributed by atoms with Crippen LogP contribution in [0.3, 0.4) is 0 Å². The lowest BCUT2D eigenvalue weighted by Gasteiger charge is -2.25. The first-order chi connectivity index (χ1) is 11.3. The van der Waals surface area contributed by atoms with Gasteiger partial charge in [-0.2, -0.15) is 13.2 Å². The molecule has 0 radical (unpaired) electrons. The van der Waals surface area contributed by atoms with E-state index in [1.165, 1.54) is 25.0 Å². The predicted octanol–water partition coefficient (Wildman–Crippen LogP) is 3.33. The molecule has 0 amide bonds. The molecule has 4 nitrogen and oxygen atoms in total. The van der Waals surface area contributed by atoms with Crippen LogP contribution < -0.4 is 10.6 Å². The molecule has 1 aliphatic rings. The van der Waals surface area contributed by atoms with Crippen molar-refractivity contribution in [2.45, 2.75) is 31.6 Å². The lowest BCUT2D eigenvalue weighted by Crippen LogP contribution is -2.45. The van der Waals surface area contributed by atoms with Gasteiger partial charge in [0.25, 0.3) is 0 Å². The van der Waals surface area contributed by atoms with Crippen LogP contribution in [0, 0.1) is 5.92 Å². The second-order valence-corrected chi connectivity index (χ2v) is 6.37. The summed E-state index contributed by atoms with van der Waals surface area (Å²) >= 11 is 0. The van der Waals surface area contributed by atoms with Crippen molar-refractivity contribution in [2.24, 2.45) is 10.9 Å². The Kier molecular flexibility index (Phi) is 8.46. The Morgan fingerprint density at radius 1 is 1.20 bits per heavy atom. The van der Waals surface area contributed by atoms with Gasteiger partial charge >= 0.3 is 6.18 Å². The second-order valence-electron chi connectivity index (χ2n) is 6.37. The summed E-state index contributed by atoms with van der Waals surface area (Å²) in [7, 11) is 5.83. The molecule has 1 unspecified atom stereocenters. The Bertz CT molecular complexity index is 552. The Morgan fingerprint density at radius 3 is 2.24 bits per heavy atom. The van der Waals surface area contributed by atoms with Gasteiger partial charge in [-0.1, -0.05) is 12.1 Å². The van der Waals surface area contributed by atoms with E-state index in [4.69, 9.17) is 0 Å². The minimum atomic E-state index is -4.30. The highest BCUT2D eigenvalue weighted by atomic mass is 127. The quantitative estimate of drug-likeness (QED) is 0.381. The largest absolute Gasteiger partial charge is 0.416 e. The van der Waals surface area contributed by atoms with Crippen LogP contribution in [-0.4, -0.2) is 44.6 Å². The van der Waals surface area contributed by atoms with Gasteiger partial charge in [0, 0.05) is 26.2 Å². The molecule has 142 valence electrons. The van der Waals surface area contributed by atoms with E-state index in [0.717, 1.165) is 30.2 Å². The Balaban J connectivity index is 0.00000312. The molecule has 0 aliphatic heterocycles. The van der Waals surface area contributed by atoms with Gasteiger partial charge in [-0.15, -0.1) is 24.0 Å². The molecule has 1 fully saturated rings. The van der Waals surface area contributed by atoms with Crippen molar-refractivity contribution in [2.75, 3.05) is 27.7 Å². The number of guanidine groups is 1. The molecule has 0 heterocycles. The second kappa shape index (κ2) is 9.61. The molecular weight excluding hydrogens is 444 g/mol. The first-order valence-electron chi connectivity index (χ1n) is 8.08. The summed E-state index contributed by atoms with van der Waals surface area (Å²) < 4.78 is 37.7. The number of nitrogens with one attached hydrogen (secondary N) is 2. The van der Waals surface area contributed by atoms with Gasteiger partial charge in [-0.3, -0.25) is 4.99 Å². The third kappa shape index (κ3) is 7.01. The summed E-state index contributed by atoms with van der Waals surface area (Å²) in [5.41, 5.74) is 0.143. The topological polar surface area (TPSA) is 39.7 Å². The van der Waals surface area contributed by atoms with Gasteiger partial charge in [0.1, 0.15) is 0 Å². The molecule has 1 aromatic rings. The predicted molar refractivity (Wildman–Crippen MR) is 105 cm³/mol. The number of nitrogens with zero attached hydrogens (tertiary/aromatic N) is 2. The van der Waals surface area contributed by atoms with E-state index in [0.29, 0.717) is 18.5 Å². The third-order valence-corrected chi connectivity index (χ3v) is 4.27. The first-order valence-corrected chi connectivity index (χ1v) is 8.08. The number of halogens is 4. The maximum absolute atomic E-state index is 12.6. The minimum absolute atomic E-state index is 0. The monoisotopic (exact) mass is 470 g/mol. The normalized spacial score (nSPS) is 16.4. The summed E-state index contributed by atoms with van der Waals surface area (Å²) in [6, 6.07) is 5.63. The number of likely N-dealkylation sites (N-methyl/N-ethyl adjacent to an activating group) is 1. The van der Waals surface area contributed by atoms with Crippen molar-refractivity contribution in [3.63, 3.8) is 0 Å². The Labute approximate surface area is 164 Å². The van der Waals surface area contributed by atoms with E-state index in [2.05, 4.69) is 34.6 Å². The summed E-state index contributed by atoms with van der Waals surface area (Å²) in [4.78, 5) is 6.38. The van der Waals surface area contributed by atoms with Gasteiger partial charge in [-0.25, -0.2) is 0 Å². The molecule has 1 atom stereocenters. The zero-order valence-corrected chi connectivity index (χ0v) is 17.1. The minimum Gasteiger partial charge on any atom is -0.355 e.